The highest BCUT2D eigenvalue weighted by Crippen LogP contribution is 2.34. The number of benzene rings is 1. The van der Waals surface area contributed by atoms with Gasteiger partial charge in [-0.1, -0.05) is 12.1 Å². The molecule has 1 aromatic carbocycles. The van der Waals surface area contributed by atoms with Gasteiger partial charge in [0.25, 0.3) is 12.3 Å². The molecule has 3 heterocycles. The standard InChI is InChI=1S/C22H19F3N4O3S/c1-22(25)11-32-9-13-6-5-12(7-14(13)22)20(31)26-8-18(30)29-21-28-17(10-33-21)15-3-2-4-16(27-15)19(23)24/h2-7,10,19H,8-9,11H2,1H3,(H,26,31)(H,28,29,30)/t22-/m1/s1. The summed E-state index contributed by atoms with van der Waals surface area (Å²) in [6.45, 7) is 1.24. The van der Waals surface area contributed by atoms with Crippen molar-refractivity contribution in [3.63, 3.8) is 0 Å². The molecule has 2 amide bonds. The number of anilines is 1. The number of halogens is 3. The summed E-state index contributed by atoms with van der Waals surface area (Å²) in [6, 6.07) is 8.87. The van der Waals surface area contributed by atoms with Crippen LogP contribution in [-0.2, 0) is 21.8 Å². The van der Waals surface area contributed by atoms with Crippen molar-refractivity contribution in [1.82, 2.24) is 15.3 Å². The van der Waals surface area contributed by atoms with Gasteiger partial charge >= 0.3 is 0 Å². The summed E-state index contributed by atoms with van der Waals surface area (Å²) in [4.78, 5) is 32.7. The molecule has 4 rings (SSSR count). The van der Waals surface area contributed by atoms with Crippen molar-refractivity contribution in [2.24, 2.45) is 0 Å². The first-order chi connectivity index (χ1) is 15.7. The van der Waals surface area contributed by atoms with Gasteiger partial charge in [-0.25, -0.2) is 23.1 Å². The smallest absolute Gasteiger partial charge is 0.280 e. The third kappa shape index (κ3) is 5.20. The largest absolute Gasteiger partial charge is 0.373 e. The van der Waals surface area contributed by atoms with Gasteiger partial charge in [0.2, 0.25) is 5.91 Å². The van der Waals surface area contributed by atoms with Crippen molar-refractivity contribution in [2.75, 3.05) is 18.5 Å². The van der Waals surface area contributed by atoms with Crippen LogP contribution in [0, 0.1) is 0 Å². The lowest BCUT2D eigenvalue weighted by Crippen LogP contribution is -2.34. The third-order valence-corrected chi connectivity index (χ3v) is 5.74. The van der Waals surface area contributed by atoms with Gasteiger partial charge in [-0.3, -0.25) is 9.59 Å². The van der Waals surface area contributed by atoms with E-state index >= 15 is 0 Å². The predicted molar refractivity (Wildman–Crippen MR) is 116 cm³/mol. The summed E-state index contributed by atoms with van der Waals surface area (Å²) < 4.78 is 45.6. The predicted octanol–water partition coefficient (Wildman–Crippen LogP) is 4.23. The van der Waals surface area contributed by atoms with Gasteiger partial charge < -0.3 is 15.4 Å². The van der Waals surface area contributed by atoms with E-state index in [1.165, 1.54) is 25.1 Å². The fourth-order valence-electron chi connectivity index (χ4n) is 3.35. The fourth-order valence-corrected chi connectivity index (χ4v) is 4.07. The number of nitrogens with zero attached hydrogens (tertiary/aromatic N) is 2. The first kappa shape index (κ1) is 22.9. The van der Waals surface area contributed by atoms with Crippen LogP contribution in [0.5, 0.6) is 0 Å². The number of alkyl halides is 3. The van der Waals surface area contributed by atoms with E-state index in [9.17, 15) is 22.8 Å². The molecule has 0 fully saturated rings. The Morgan fingerprint density at radius 1 is 1.21 bits per heavy atom. The number of thiazole rings is 1. The Hall–Kier alpha value is -3.31. The molecule has 1 atom stereocenters. The highest BCUT2D eigenvalue weighted by molar-refractivity contribution is 7.14. The molecule has 0 saturated carbocycles. The van der Waals surface area contributed by atoms with Crippen LogP contribution in [0.3, 0.4) is 0 Å². The summed E-state index contributed by atoms with van der Waals surface area (Å²) in [6.07, 6.45) is -2.70. The second-order valence-electron chi connectivity index (χ2n) is 7.58. The van der Waals surface area contributed by atoms with Gasteiger partial charge in [0, 0.05) is 10.9 Å². The molecular weight excluding hydrogens is 457 g/mol. The second kappa shape index (κ2) is 9.28. The van der Waals surface area contributed by atoms with Crippen LogP contribution in [0.15, 0.2) is 41.8 Å². The zero-order valence-corrected chi connectivity index (χ0v) is 18.2. The molecule has 0 unspecified atom stereocenters. The number of carbonyl (C=O) groups excluding carboxylic acids is 2. The van der Waals surface area contributed by atoms with E-state index in [0.717, 1.165) is 11.3 Å². The van der Waals surface area contributed by atoms with Crippen LogP contribution in [0.1, 0.15) is 40.5 Å². The summed E-state index contributed by atoms with van der Waals surface area (Å²) in [5.74, 6) is -1.05. The molecule has 1 aliphatic rings. The first-order valence-corrected chi connectivity index (χ1v) is 10.8. The van der Waals surface area contributed by atoms with Crippen LogP contribution < -0.4 is 10.6 Å². The molecule has 3 aromatic rings. The molecule has 1 aliphatic heterocycles. The lowest BCUT2D eigenvalue weighted by molar-refractivity contribution is -0.115. The summed E-state index contributed by atoms with van der Waals surface area (Å²) in [5, 5.41) is 6.84. The van der Waals surface area contributed by atoms with Crippen molar-refractivity contribution in [3.05, 3.63) is 64.2 Å². The van der Waals surface area contributed by atoms with Gasteiger partial charge in [-0.15, -0.1) is 11.3 Å². The van der Waals surface area contributed by atoms with Crippen LogP contribution in [0.25, 0.3) is 11.4 Å². The van der Waals surface area contributed by atoms with E-state index < -0.39 is 23.9 Å². The summed E-state index contributed by atoms with van der Waals surface area (Å²) in [5.41, 5.74) is -0.164. The second-order valence-corrected chi connectivity index (χ2v) is 8.44. The topological polar surface area (TPSA) is 93.2 Å². The van der Waals surface area contributed by atoms with E-state index in [-0.39, 0.29) is 41.8 Å². The summed E-state index contributed by atoms with van der Waals surface area (Å²) >= 11 is 1.10. The number of nitrogens with one attached hydrogen (secondary N) is 2. The van der Waals surface area contributed by atoms with Crippen molar-refractivity contribution in [1.29, 1.82) is 0 Å². The highest BCUT2D eigenvalue weighted by Gasteiger charge is 2.33. The molecule has 0 bridgehead atoms. The number of aromatic nitrogens is 2. The number of hydrogen-bond acceptors (Lipinski definition) is 6. The van der Waals surface area contributed by atoms with Crippen LogP contribution >= 0.6 is 11.3 Å². The van der Waals surface area contributed by atoms with Crippen LogP contribution in [0.2, 0.25) is 0 Å². The number of carbonyl (C=O) groups is 2. The number of pyridine rings is 1. The average molecular weight is 476 g/mol. The molecule has 0 radical (unpaired) electrons. The minimum absolute atomic E-state index is 0.0920. The number of ether oxygens (including phenoxy) is 1. The zero-order valence-electron chi connectivity index (χ0n) is 17.4. The molecular formula is C22H19F3N4O3S. The van der Waals surface area contributed by atoms with Crippen molar-refractivity contribution in [3.8, 4) is 11.4 Å². The SMILES string of the molecule is C[C@@]1(F)COCc2ccc(C(=O)NCC(=O)Nc3nc(-c4cccc(C(F)F)n4)cs3)cc21. The highest BCUT2D eigenvalue weighted by atomic mass is 32.1. The Balaban J connectivity index is 1.36. The van der Waals surface area contributed by atoms with Gasteiger partial charge in [0.05, 0.1) is 25.5 Å². The van der Waals surface area contributed by atoms with Crippen molar-refractivity contribution >= 4 is 28.3 Å². The van der Waals surface area contributed by atoms with Gasteiger partial charge in [-0.2, -0.15) is 0 Å². The van der Waals surface area contributed by atoms with Gasteiger partial charge in [0.1, 0.15) is 11.4 Å². The molecule has 0 spiro atoms. The Bertz CT molecular complexity index is 1200. The Kier molecular flexibility index (Phi) is 6.43. The molecule has 172 valence electrons. The zero-order chi connectivity index (χ0) is 23.6. The quantitative estimate of drug-likeness (QED) is 0.556. The fraction of sp³-hybridized carbons (Fsp3) is 0.273. The van der Waals surface area contributed by atoms with E-state index in [1.807, 2.05) is 0 Å². The molecule has 11 heteroatoms. The number of amides is 2. The van der Waals surface area contributed by atoms with E-state index in [0.29, 0.717) is 16.8 Å². The minimum atomic E-state index is -2.70. The molecule has 2 aromatic heterocycles. The number of rotatable bonds is 6. The van der Waals surface area contributed by atoms with Crippen molar-refractivity contribution in [2.45, 2.75) is 25.6 Å². The lowest BCUT2D eigenvalue weighted by Gasteiger charge is -2.29. The third-order valence-electron chi connectivity index (χ3n) is 4.98. The maximum atomic E-state index is 14.7. The monoisotopic (exact) mass is 476 g/mol. The van der Waals surface area contributed by atoms with E-state index in [1.54, 1.807) is 23.6 Å². The lowest BCUT2D eigenvalue weighted by atomic mass is 9.90. The minimum Gasteiger partial charge on any atom is -0.373 e. The Morgan fingerprint density at radius 3 is 2.82 bits per heavy atom. The molecule has 0 saturated heterocycles. The Morgan fingerprint density at radius 2 is 2.03 bits per heavy atom. The maximum Gasteiger partial charge on any atom is 0.280 e. The molecule has 7 nitrogen and oxygen atoms in total. The molecule has 33 heavy (non-hydrogen) atoms. The molecule has 2 N–H and O–H groups in total. The van der Waals surface area contributed by atoms with E-state index in [4.69, 9.17) is 4.74 Å². The first-order valence-electron chi connectivity index (χ1n) is 9.92. The van der Waals surface area contributed by atoms with Gasteiger partial charge in [-0.05, 0) is 42.3 Å². The van der Waals surface area contributed by atoms with Gasteiger partial charge in [0.15, 0.2) is 10.8 Å². The molecule has 0 aliphatic carbocycles. The van der Waals surface area contributed by atoms with E-state index in [2.05, 4.69) is 20.6 Å². The van der Waals surface area contributed by atoms with Crippen molar-refractivity contribution < 1.29 is 27.5 Å². The van der Waals surface area contributed by atoms with Crippen LogP contribution in [0.4, 0.5) is 18.3 Å². The maximum absolute atomic E-state index is 14.7. The Labute approximate surface area is 191 Å². The normalized spacial score (nSPS) is 17.5. The summed E-state index contributed by atoms with van der Waals surface area (Å²) in [7, 11) is 0. The average Bonchev–Trinajstić information content (AvgIpc) is 3.25. The van der Waals surface area contributed by atoms with Crippen LogP contribution in [-0.4, -0.2) is 34.9 Å². The number of hydrogen-bond donors (Lipinski definition) is 2. The number of fused-ring (bicyclic) bond motifs is 1.